The second-order valence-electron chi connectivity index (χ2n) is 11.7. The monoisotopic (exact) mass is 571 g/mol. The summed E-state index contributed by atoms with van der Waals surface area (Å²) in [4.78, 5) is 28.7. The van der Waals surface area contributed by atoms with E-state index in [1.54, 1.807) is 24.7 Å². The zero-order chi connectivity index (χ0) is 29.8. The first-order valence-corrected chi connectivity index (χ1v) is 14.9. The van der Waals surface area contributed by atoms with E-state index in [2.05, 4.69) is 67.8 Å². The third-order valence-corrected chi connectivity index (χ3v) is 7.80. The number of fused-ring (bicyclic) bond motifs is 1. The van der Waals surface area contributed by atoms with Crippen LogP contribution in [0.1, 0.15) is 42.7 Å². The van der Waals surface area contributed by atoms with E-state index < -0.39 is 0 Å². The molecule has 6 rings (SSSR count). The quantitative estimate of drug-likeness (QED) is 0.165. The number of aryl methyl sites for hydroxylation is 1. The number of carbonyl (C=O) groups excluding carboxylic acids is 1. The highest BCUT2D eigenvalue weighted by molar-refractivity contribution is 6.04. The Labute approximate surface area is 252 Å². The van der Waals surface area contributed by atoms with Crippen LogP contribution in [0.15, 0.2) is 91.4 Å². The van der Waals surface area contributed by atoms with Crippen molar-refractivity contribution in [1.29, 1.82) is 0 Å². The molecule has 1 aliphatic heterocycles. The Morgan fingerprint density at radius 3 is 2.47 bits per heavy atom. The van der Waals surface area contributed by atoms with Crippen LogP contribution in [0.4, 0.5) is 34.3 Å². The third kappa shape index (κ3) is 6.92. The van der Waals surface area contributed by atoms with Gasteiger partial charge in [-0.05, 0) is 104 Å². The van der Waals surface area contributed by atoms with Gasteiger partial charge in [-0.2, -0.15) is 0 Å². The Hall–Kier alpha value is -4.98. The van der Waals surface area contributed by atoms with Gasteiger partial charge in [0.05, 0.1) is 16.8 Å². The molecule has 3 aromatic heterocycles. The zero-order valence-corrected chi connectivity index (χ0v) is 24.8. The fraction of sp³-hybridized carbons (Fsp3) is 0.257. The van der Waals surface area contributed by atoms with Crippen LogP contribution in [0.3, 0.4) is 0 Å². The summed E-state index contributed by atoms with van der Waals surface area (Å²) in [7, 11) is 0. The van der Waals surface area contributed by atoms with Crippen molar-refractivity contribution in [3.8, 4) is 0 Å². The van der Waals surface area contributed by atoms with Crippen molar-refractivity contribution in [3.63, 3.8) is 0 Å². The molecular formula is C35H37N7O. The van der Waals surface area contributed by atoms with Crippen molar-refractivity contribution < 1.29 is 4.79 Å². The Bertz CT molecular complexity index is 1720. The fourth-order valence-electron chi connectivity index (χ4n) is 5.74. The molecule has 3 N–H and O–H groups in total. The van der Waals surface area contributed by atoms with Gasteiger partial charge in [-0.15, -0.1) is 0 Å². The molecule has 0 aliphatic carbocycles. The van der Waals surface area contributed by atoms with Gasteiger partial charge in [0.25, 0.3) is 5.91 Å². The van der Waals surface area contributed by atoms with Gasteiger partial charge >= 0.3 is 0 Å². The molecule has 1 saturated heterocycles. The molecule has 8 nitrogen and oxygen atoms in total. The number of nitrogens with one attached hydrogen (secondary N) is 3. The lowest BCUT2D eigenvalue weighted by Crippen LogP contribution is -2.20. The average Bonchev–Trinajstić information content (AvgIpc) is 3.46. The molecule has 8 heteroatoms. The predicted molar refractivity (Wildman–Crippen MR) is 176 cm³/mol. The molecule has 0 saturated carbocycles. The number of carbonyl (C=O) groups is 1. The summed E-state index contributed by atoms with van der Waals surface area (Å²) >= 11 is 0. The molecule has 0 spiro atoms. The van der Waals surface area contributed by atoms with Crippen LogP contribution < -0.4 is 20.9 Å². The normalized spacial score (nSPS) is 14.7. The lowest BCUT2D eigenvalue weighted by Gasteiger charge is -2.20. The number of amides is 1. The summed E-state index contributed by atoms with van der Waals surface area (Å²) in [5.41, 5.74) is 7.11. The topological polar surface area (TPSA) is 95.1 Å². The van der Waals surface area contributed by atoms with Crippen molar-refractivity contribution in [2.45, 2.75) is 33.6 Å². The molecule has 1 unspecified atom stereocenters. The van der Waals surface area contributed by atoms with Crippen LogP contribution in [0.2, 0.25) is 0 Å². The Morgan fingerprint density at radius 1 is 0.884 bits per heavy atom. The molecule has 1 atom stereocenters. The first kappa shape index (κ1) is 28.2. The van der Waals surface area contributed by atoms with Crippen molar-refractivity contribution >= 4 is 51.1 Å². The Kier molecular flexibility index (Phi) is 8.18. The number of anilines is 6. The average molecular weight is 572 g/mol. The molecule has 1 amide bonds. The summed E-state index contributed by atoms with van der Waals surface area (Å²) in [6.45, 7) is 8.75. The van der Waals surface area contributed by atoms with Crippen LogP contribution in [0.25, 0.3) is 10.9 Å². The Morgan fingerprint density at radius 2 is 1.70 bits per heavy atom. The first-order chi connectivity index (χ1) is 20.9. The largest absolute Gasteiger partial charge is 0.371 e. The Balaban J connectivity index is 1.10. The molecule has 0 bridgehead atoms. The van der Waals surface area contributed by atoms with E-state index in [-0.39, 0.29) is 5.91 Å². The maximum atomic E-state index is 12.9. The number of nitrogens with zero attached hydrogens (tertiary/aromatic N) is 4. The van der Waals surface area contributed by atoms with E-state index in [1.165, 1.54) is 18.5 Å². The van der Waals surface area contributed by atoms with Crippen molar-refractivity contribution in [2.24, 2.45) is 11.8 Å². The lowest BCUT2D eigenvalue weighted by molar-refractivity contribution is 0.102. The van der Waals surface area contributed by atoms with Gasteiger partial charge in [-0.25, -0.2) is 4.98 Å². The van der Waals surface area contributed by atoms with Crippen LogP contribution in [0, 0.1) is 18.8 Å². The fourth-order valence-corrected chi connectivity index (χ4v) is 5.74. The molecule has 43 heavy (non-hydrogen) atoms. The highest BCUT2D eigenvalue weighted by Crippen LogP contribution is 2.32. The minimum Gasteiger partial charge on any atom is -0.371 e. The number of hydrogen-bond donors (Lipinski definition) is 3. The van der Waals surface area contributed by atoms with Gasteiger partial charge in [0.2, 0.25) is 0 Å². The smallest absolute Gasteiger partial charge is 0.257 e. The summed E-state index contributed by atoms with van der Waals surface area (Å²) in [6.07, 6.45) is 7.68. The number of hydrogen-bond acceptors (Lipinski definition) is 7. The van der Waals surface area contributed by atoms with Crippen LogP contribution in [-0.2, 0) is 0 Å². The van der Waals surface area contributed by atoms with Gasteiger partial charge in [0, 0.05) is 65.5 Å². The molecule has 1 aliphatic rings. The molecule has 5 aromatic rings. The highest BCUT2D eigenvalue weighted by atomic mass is 16.1. The van der Waals surface area contributed by atoms with Crippen molar-refractivity contribution in [1.82, 2.24) is 15.0 Å². The van der Waals surface area contributed by atoms with Crippen LogP contribution >= 0.6 is 0 Å². The summed E-state index contributed by atoms with van der Waals surface area (Å²) in [5, 5.41) is 10.8. The SMILES string of the molecule is Cc1cc(Nc2ccc(NC(=O)c3ccc(Nc4ccnc5ccc(N6CCC(CC(C)C)C6)cc45)nc3)cc2)ccn1. The first-order valence-electron chi connectivity index (χ1n) is 14.9. The highest BCUT2D eigenvalue weighted by Gasteiger charge is 2.23. The second kappa shape index (κ2) is 12.5. The standard InChI is InChI=1S/C35H37N7O/c1-23(2)18-25-14-17-42(22-25)30-9-10-32-31(20-30)33(13-16-37-32)41-34-11-4-26(21-38-34)35(43)40-28-7-5-27(6-8-28)39-29-12-15-36-24(3)19-29/h4-13,15-16,19-21,23,25H,14,17-18,22H2,1-3H3,(H,36,39)(H,40,43)(H,37,38,41). The maximum absolute atomic E-state index is 12.9. The van der Waals surface area contributed by atoms with Gasteiger partial charge < -0.3 is 20.9 Å². The third-order valence-electron chi connectivity index (χ3n) is 7.80. The number of rotatable bonds is 9. The second-order valence-corrected chi connectivity index (χ2v) is 11.7. The van der Waals surface area contributed by atoms with Gasteiger partial charge in [-0.3, -0.25) is 14.8 Å². The van der Waals surface area contributed by atoms with E-state index in [4.69, 9.17) is 0 Å². The summed E-state index contributed by atoms with van der Waals surface area (Å²) in [5.74, 6) is 1.92. The molecule has 1 fully saturated rings. The van der Waals surface area contributed by atoms with Gasteiger partial charge in [-0.1, -0.05) is 13.8 Å². The van der Waals surface area contributed by atoms with Crippen molar-refractivity contribution in [2.75, 3.05) is 33.9 Å². The summed E-state index contributed by atoms with van der Waals surface area (Å²) < 4.78 is 0. The van der Waals surface area contributed by atoms with E-state index in [1.807, 2.05) is 55.5 Å². The molecular weight excluding hydrogens is 534 g/mol. The number of benzene rings is 2. The van der Waals surface area contributed by atoms with E-state index in [0.29, 0.717) is 17.1 Å². The molecule has 218 valence electrons. The molecule has 2 aromatic carbocycles. The van der Waals surface area contributed by atoms with Crippen LogP contribution in [0.5, 0.6) is 0 Å². The zero-order valence-electron chi connectivity index (χ0n) is 24.8. The number of pyridine rings is 3. The molecule has 0 radical (unpaired) electrons. The van der Waals surface area contributed by atoms with E-state index in [0.717, 1.165) is 58.6 Å². The van der Waals surface area contributed by atoms with Crippen LogP contribution in [-0.4, -0.2) is 33.9 Å². The summed E-state index contributed by atoms with van der Waals surface area (Å²) in [6, 6.07) is 23.5. The maximum Gasteiger partial charge on any atom is 0.257 e. The van der Waals surface area contributed by atoms with Crippen molar-refractivity contribution in [3.05, 3.63) is 103 Å². The van der Waals surface area contributed by atoms with Gasteiger partial charge in [0.1, 0.15) is 5.82 Å². The predicted octanol–water partition coefficient (Wildman–Crippen LogP) is 7.95. The van der Waals surface area contributed by atoms with E-state index >= 15 is 0 Å². The minimum atomic E-state index is -0.218. The lowest BCUT2D eigenvalue weighted by atomic mass is 9.97. The van der Waals surface area contributed by atoms with E-state index in [9.17, 15) is 4.79 Å². The number of aromatic nitrogens is 3. The van der Waals surface area contributed by atoms with Gasteiger partial charge in [0.15, 0.2) is 0 Å². The molecule has 4 heterocycles. The minimum absolute atomic E-state index is 0.218.